The molecular weight excluding hydrogens is 346 g/mol. The van der Waals surface area contributed by atoms with E-state index in [0.717, 1.165) is 45.3 Å². The lowest BCUT2D eigenvalue weighted by Gasteiger charge is -2.32. The Morgan fingerprint density at radius 2 is 1.79 bits per heavy atom. The van der Waals surface area contributed by atoms with Gasteiger partial charge in [-0.3, -0.25) is 9.69 Å². The third-order valence-corrected chi connectivity index (χ3v) is 5.73. The molecule has 28 heavy (non-hydrogen) atoms. The molecule has 1 fully saturated rings. The van der Waals surface area contributed by atoms with E-state index in [4.69, 9.17) is 0 Å². The molecule has 1 aromatic heterocycles. The summed E-state index contributed by atoms with van der Waals surface area (Å²) in [5.41, 5.74) is 3.84. The van der Waals surface area contributed by atoms with Crippen LogP contribution in [0.2, 0.25) is 0 Å². The predicted octanol–water partition coefficient (Wildman–Crippen LogP) is 4.27. The van der Waals surface area contributed by atoms with Gasteiger partial charge < -0.3 is 10.3 Å². The number of benzene rings is 2. The third kappa shape index (κ3) is 4.82. The lowest BCUT2D eigenvalue weighted by Crippen LogP contribution is -2.44. The predicted molar refractivity (Wildman–Crippen MR) is 114 cm³/mol. The molecule has 1 saturated heterocycles. The monoisotopic (exact) mass is 375 g/mol. The van der Waals surface area contributed by atoms with Crippen molar-refractivity contribution in [3.05, 3.63) is 71.9 Å². The number of fused-ring (bicyclic) bond motifs is 1. The van der Waals surface area contributed by atoms with E-state index in [1.165, 1.54) is 22.0 Å². The van der Waals surface area contributed by atoms with Gasteiger partial charge in [0.05, 0.1) is 0 Å². The molecule has 1 amide bonds. The number of nitrogens with zero attached hydrogens (tertiary/aromatic N) is 1. The summed E-state index contributed by atoms with van der Waals surface area (Å²) >= 11 is 0. The quantitative estimate of drug-likeness (QED) is 0.648. The maximum atomic E-state index is 12.3. The maximum Gasteiger partial charge on any atom is 0.220 e. The fraction of sp³-hybridized carbons (Fsp3) is 0.375. The second kappa shape index (κ2) is 9.07. The van der Waals surface area contributed by atoms with Gasteiger partial charge in [-0.1, -0.05) is 48.5 Å². The number of nitrogens with one attached hydrogen (secondary N) is 2. The van der Waals surface area contributed by atoms with Gasteiger partial charge in [-0.2, -0.15) is 0 Å². The molecule has 2 heterocycles. The van der Waals surface area contributed by atoms with Crippen LogP contribution in [0.3, 0.4) is 0 Å². The van der Waals surface area contributed by atoms with Gasteiger partial charge in [0.2, 0.25) is 5.91 Å². The van der Waals surface area contributed by atoms with E-state index in [-0.39, 0.29) is 5.91 Å². The summed E-state index contributed by atoms with van der Waals surface area (Å²) in [4.78, 5) is 18.1. The number of carbonyl (C=O) groups excluding carboxylic acids is 1. The summed E-state index contributed by atoms with van der Waals surface area (Å²) in [5, 5.41) is 4.52. The van der Waals surface area contributed by atoms with Crippen LogP contribution < -0.4 is 5.32 Å². The number of carbonyl (C=O) groups is 1. The van der Waals surface area contributed by atoms with E-state index in [2.05, 4.69) is 69.9 Å². The number of piperidine rings is 1. The lowest BCUT2D eigenvalue weighted by molar-refractivity contribution is -0.122. The first-order valence-corrected chi connectivity index (χ1v) is 10.4. The summed E-state index contributed by atoms with van der Waals surface area (Å²) in [6.07, 6.45) is 6.59. The smallest absolute Gasteiger partial charge is 0.220 e. The van der Waals surface area contributed by atoms with E-state index in [1.54, 1.807) is 0 Å². The summed E-state index contributed by atoms with van der Waals surface area (Å²) in [6, 6.07) is 19.3. The molecule has 0 spiro atoms. The molecule has 0 atom stereocenters. The average molecular weight is 376 g/mol. The van der Waals surface area contributed by atoms with Gasteiger partial charge in [-0.15, -0.1) is 0 Å². The number of likely N-dealkylation sites (tertiary alicyclic amines) is 1. The largest absolute Gasteiger partial charge is 0.361 e. The number of hydrogen-bond donors (Lipinski definition) is 2. The Balaban J connectivity index is 1.17. The Bertz CT molecular complexity index is 894. The van der Waals surface area contributed by atoms with Crippen molar-refractivity contribution in [3.63, 3.8) is 0 Å². The number of para-hydroxylation sites is 1. The van der Waals surface area contributed by atoms with Crippen LogP contribution in [0.4, 0.5) is 0 Å². The van der Waals surface area contributed by atoms with E-state index in [0.29, 0.717) is 12.5 Å². The average Bonchev–Trinajstić information content (AvgIpc) is 3.14. The molecule has 0 saturated carbocycles. The topological polar surface area (TPSA) is 48.1 Å². The van der Waals surface area contributed by atoms with E-state index >= 15 is 0 Å². The Morgan fingerprint density at radius 3 is 2.61 bits per heavy atom. The normalized spacial score (nSPS) is 15.7. The summed E-state index contributed by atoms with van der Waals surface area (Å²) in [7, 11) is 0. The van der Waals surface area contributed by atoms with Gasteiger partial charge in [0.25, 0.3) is 0 Å². The van der Waals surface area contributed by atoms with Crippen molar-refractivity contribution in [2.24, 2.45) is 0 Å². The molecule has 0 radical (unpaired) electrons. The Hall–Kier alpha value is -2.59. The number of hydrogen-bond acceptors (Lipinski definition) is 2. The first kappa shape index (κ1) is 18.8. The summed E-state index contributed by atoms with van der Waals surface area (Å²) in [6.45, 7) is 3.11. The first-order valence-electron chi connectivity index (χ1n) is 10.4. The Kier molecular flexibility index (Phi) is 6.07. The van der Waals surface area contributed by atoms with E-state index < -0.39 is 0 Å². The van der Waals surface area contributed by atoms with Crippen LogP contribution in [-0.2, 0) is 17.8 Å². The molecule has 4 rings (SSSR count). The molecule has 0 bridgehead atoms. The van der Waals surface area contributed by atoms with Crippen LogP contribution in [0.5, 0.6) is 0 Å². The Labute approximate surface area is 166 Å². The minimum absolute atomic E-state index is 0.196. The van der Waals surface area contributed by atoms with Crippen molar-refractivity contribution >= 4 is 16.8 Å². The zero-order valence-electron chi connectivity index (χ0n) is 16.4. The highest BCUT2D eigenvalue weighted by molar-refractivity contribution is 5.83. The molecule has 2 N–H and O–H groups in total. The van der Waals surface area contributed by atoms with Crippen LogP contribution in [0.1, 0.15) is 36.8 Å². The molecule has 1 aliphatic rings. The van der Waals surface area contributed by atoms with Gasteiger partial charge in [-0.25, -0.2) is 0 Å². The van der Waals surface area contributed by atoms with Gasteiger partial charge in [0, 0.05) is 49.2 Å². The highest BCUT2D eigenvalue weighted by Crippen LogP contribution is 2.19. The fourth-order valence-corrected chi connectivity index (χ4v) is 4.15. The first-order chi connectivity index (χ1) is 13.8. The van der Waals surface area contributed by atoms with Crippen LogP contribution in [-0.4, -0.2) is 34.9 Å². The van der Waals surface area contributed by atoms with Crippen molar-refractivity contribution in [2.75, 3.05) is 13.1 Å². The molecule has 4 heteroatoms. The SMILES string of the molecule is O=C(CCCc1c[nH]c2ccccc12)NC1CCN(Cc2ccccc2)CC1. The number of H-pyrrole nitrogens is 1. The molecule has 4 nitrogen and oxygen atoms in total. The highest BCUT2D eigenvalue weighted by Gasteiger charge is 2.20. The number of aromatic nitrogens is 1. The van der Waals surface area contributed by atoms with Gasteiger partial charge >= 0.3 is 0 Å². The van der Waals surface area contributed by atoms with Crippen molar-refractivity contribution in [1.82, 2.24) is 15.2 Å². The number of rotatable bonds is 7. The molecular formula is C24H29N3O. The minimum Gasteiger partial charge on any atom is -0.361 e. The van der Waals surface area contributed by atoms with E-state index in [1.807, 2.05) is 6.07 Å². The fourth-order valence-electron chi connectivity index (χ4n) is 4.15. The van der Waals surface area contributed by atoms with Crippen LogP contribution in [0, 0.1) is 0 Å². The van der Waals surface area contributed by atoms with Crippen molar-refractivity contribution in [2.45, 2.75) is 44.7 Å². The zero-order chi connectivity index (χ0) is 19.2. The second-order valence-corrected chi connectivity index (χ2v) is 7.82. The Morgan fingerprint density at radius 1 is 1.04 bits per heavy atom. The molecule has 1 aliphatic heterocycles. The standard InChI is InChI=1S/C24H29N3O/c28-24(12-6-9-20-17-25-23-11-5-4-10-22(20)23)26-21-13-15-27(16-14-21)18-19-7-2-1-3-8-19/h1-5,7-8,10-11,17,21,25H,6,9,12-16,18H2,(H,26,28). The van der Waals surface area contributed by atoms with Crippen molar-refractivity contribution < 1.29 is 4.79 Å². The van der Waals surface area contributed by atoms with Crippen molar-refractivity contribution in [3.8, 4) is 0 Å². The maximum absolute atomic E-state index is 12.3. The summed E-state index contributed by atoms with van der Waals surface area (Å²) < 4.78 is 0. The molecule has 2 aromatic carbocycles. The lowest BCUT2D eigenvalue weighted by atomic mass is 10.0. The molecule has 146 valence electrons. The number of aryl methyl sites for hydroxylation is 1. The zero-order valence-corrected chi connectivity index (χ0v) is 16.4. The third-order valence-electron chi connectivity index (χ3n) is 5.73. The molecule has 3 aromatic rings. The highest BCUT2D eigenvalue weighted by atomic mass is 16.1. The van der Waals surface area contributed by atoms with Gasteiger partial charge in [0.15, 0.2) is 0 Å². The van der Waals surface area contributed by atoms with Crippen LogP contribution >= 0.6 is 0 Å². The number of amides is 1. The van der Waals surface area contributed by atoms with Crippen molar-refractivity contribution in [1.29, 1.82) is 0 Å². The number of aromatic amines is 1. The minimum atomic E-state index is 0.196. The molecule has 0 aliphatic carbocycles. The van der Waals surface area contributed by atoms with Gasteiger partial charge in [-0.05, 0) is 42.9 Å². The summed E-state index contributed by atoms with van der Waals surface area (Å²) in [5.74, 6) is 0.196. The molecule has 0 unspecified atom stereocenters. The van der Waals surface area contributed by atoms with E-state index in [9.17, 15) is 4.79 Å². The second-order valence-electron chi connectivity index (χ2n) is 7.82. The van der Waals surface area contributed by atoms with Crippen LogP contribution in [0.25, 0.3) is 10.9 Å². The van der Waals surface area contributed by atoms with Crippen LogP contribution in [0.15, 0.2) is 60.8 Å². The van der Waals surface area contributed by atoms with Gasteiger partial charge in [0.1, 0.15) is 0 Å².